The average molecular weight is 306 g/mol. The molecule has 0 amide bonds. The first kappa shape index (κ1) is 14.9. The van der Waals surface area contributed by atoms with Gasteiger partial charge in [-0.2, -0.15) is 13.2 Å². The number of hydrogen-bond donors (Lipinski definition) is 2. The van der Waals surface area contributed by atoms with Crippen LogP contribution in [0, 0.1) is 0 Å². The van der Waals surface area contributed by atoms with Crippen LogP contribution in [-0.2, 0) is 10.9 Å². The fraction of sp³-hybridized carbons (Fsp3) is 0.455. The van der Waals surface area contributed by atoms with Crippen molar-refractivity contribution in [2.75, 3.05) is 31.7 Å². The van der Waals surface area contributed by atoms with E-state index in [0.717, 1.165) is 6.07 Å². The Hall–Kier alpha value is -1.45. The fourth-order valence-corrected chi connectivity index (χ4v) is 1.89. The highest BCUT2D eigenvalue weighted by atomic mass is 32.1. The average Bonchev–Trinajstić information content (AvgIpc) is 2.38. The van der Waals surface area contributed by atoms with Crippen molar-refractivity contribution in [1.29, 1.82) is 0 Å². The number of ether oxygens (including phenoxy) is 1. The van der Waals surface area contributed by atoms with Gasteiger partial charge in [-0.15, -0.1) is 0 Å². The third-order valence-corrected chi connectivity index (χ3v) is 2.95. The number of morpholine rings is 1. The molecule has 3 N–H and O–H groups in total. The summed E-state index contributed by atoms with van der Waals surface area (Å²) in [6, 6.07) is 2.08. The Kier molecular flexibility index (Phi) is 4.41. The number of hydrazine groups is 1. The van der Waals surface area contributed by atoms with Gasteiger partial charge in [-0.3, -0.25) is 0 Å². The highest BCUT2D eigenvalue weighted by Gasteiger charge is 2.33. The molecule has 110 valence electrons. The fourth-order valence-electron chi connectivity index (χ4n) is 1.73. The summed E-state index contributed by atoms with van der Waals surface area (Å²) in [5.74, 6) is 0.00854. The quantitative estimate of drug-likeness (QED) is 0.823. The Morgan fingerprint density at radius 1 is 1.35 bits per heavy atom. The van der Waals surface area contributed by atoms with Crippen LogP contribution in [0.3, 0.4) is 0 Å². The molecule has 9 heteroatoms. The number of halogens is 3. The lowest BCUT2D eigenvalue weighted by Crippen LogP contribution is -2.41. The van der Waals surface area contributed by atoms with E-state index in [0.29, 0.717) is 26.3 Å². The molecule has 1 aliphatic rings. The van der Waals surface area contributed by atoms with E-state index < -0.39 is 11.9 Å². The molecule has 1 aliphatic heterocycles. The molecule has 0 atom stereocenters. The minimum atomic E-state index is -4.52. The number of pyridine rings is 1. The highest BCUT2D eigenvalue weighted by molar-refractivity contribution is 7.80. The zero-order chi connectivity index (χ0) is 14.8. The molecule has 0 unspecified atom stereocenters. The van der Waals surface area contributed by atoms with Gasteiger partial charge in [0.1, 0.15) is 10.7 Å². The zero-order valence-electron chi connectivity index (χ0n) is 10.4. The van der Waals surface area contributed by atoms with E-state index in [4.69, 9.17) is 22.7 Å². The molecule has 1 fully saturated rings. The highest BCUT2D eigenvalue weighted by Crippen LogP contribution is 2.29. The van der Waals surface area contributed by atoms with Gasteiger partial charge >= 0.3 is 6.18 Å². The number of thiocarbonyl (C=S) groups is 1. The van der Waals surface area contributed by atoms with Gasteiger partial charge in [0.05, 0.1) is 18.8 Å². The van der Waals surface area contributed by atoms with Crippen molar-refractivity contribution in [1.82, 2.24) is 9.99 Å². The summed E-state index contributed by atoms with van der Waals surface area (Å²) < 4.78 is 43.2. The monoisotopic (exact) mass is 306 g/mol. The lowest BCUT2D eigenvalue weighted by atomic mass is 10.2. The largest absolute Gasteiger partial charge is 0.433 e. The first-order valence-electron chi connectivity index (χ1n) is 5.85. The second-order valence-electron chi connectivity index (χ2n) is 4.17. The zero-order valence-corrected chi connectivity index (χ0v) is 11.2. The Morgan fingerprint density at radius 2 is 2.00 bits per heavy atom. The molecule has 5 nitrogen and oxygen atoms in total. The second kappa shape index (κ2) is 5.90. The van der Waals surface area contributed by atoms with Crippen molar-refractivity contribution >= 4 is 23.0 Å². The van der Waals surface area contributed by atoms with Crippen LogP contribution in [0.4, 0.5) is 19.0 Å². The van der Waals surface area contributed by atoms with Gasteiger partial charge < -0.3 is 15.9 Å². The number of nitrogens with two attached hydrogens (primary N) is 1. The second-order valence-corrected chi connectivity index (χ2v) is 4.61. The summed E-state index contributed by atoms with van der Waals surface area (Å²) in [4.78, 5) is 3.56. The summed E-state index contributed by atoms with van der Waals surface area (Å²) >= 11 is 4.83. The lowest BCUT2D eigenvalue weighted by Gasteiger charge is -2.28. The topological polar surface area (TPSA) is 63.4 Å². The number of anilines is 1. The minimum absolute atomic E-state index is 0.00854. The van der Waals surface area contributed by atoms with Crippen LogP contribution in [0.25, 0.3) is 0 Å². The van der Waals surface area contributed by atoms with E-state index in [-0.39, 0.29) is 16.4 Å². The molecule has 0 radical (unpaired) electrons. The lowest BCUT2D eigenvalue weighted by molar-refractivity contribution is -0.141. The molecule has 0 spiro atoms. The Morgan fingerprint density at radius 3 is 2.55 bits per heavy atom. The van der Waals surface area contributed by atoms with Gasteiger partial charge in [0.25, 0.3) is 0 Å². The molecule has 1 aromatic heterocycles. The van der Waals surface area contributed by atoms with Crippen molar-refractivity contribution in [3.63, 3.8) is 0 Å². The van der Waals surface area contributed by atoms with Crippen LogP contribution >= 0.6 is 12.2 Å². The molecule has 0 aliphatic carbocycles. The molecular weight excluding hydrogens is 293 g/mol. The van der Waals surface area contributed by atoms with Gasteiger partial charge in [-0.05, 0) is 12.1 Å². The van der Waals surface area contributed by atoms with Crippen LogP contribution in [0.2, 0.25) is 0 Å². The molecule has 2 rings (SSSR count). The van der Waals surface area contributed by atoms with E-state index in [2.05, 4.69) is 10.4 Å². The van der Waals surface area contributed by atoms with Gasteiger partial charge in [0.15, 0.2) is 5.82 Å². The van der Waals surface area contributed by atoms with E-state index in [1.165, 1.54) is 6.07 Å². The maximum absolute atomic E-state index is 12.7. The predicted octanol–water partition coefficient (Wildman–Crippen LogP) is 1.39. The van der Waals surface area contributed by atoms with Gasteiger partial charge in [-0.25, -0.2) is 9.99 Å². The summed E-state index contributed by atoms with van der Waals surface area (Å²) in [6.45, 7) is 2.06. The number of alkyl halides is 3. The van der Waals surface area contributed by atoms with E-state index in [1.807, 2.05) is 0 Å². The molecule has 0 saturated carbocycles. The molecule has 0 aromatic carbocycles. The van der Waals surface area contributed by atoms with Gasteiger partial charge in [0, 0.05) is 13.1 Å². The van der Waals surface area contributed by atoms with Crippen LogP contribution in [0.1, 0.15) is 11.3 Å². The SMILES string of the molecule is NC(=S)c1ccc(C(F)(F)F)nc1NN1CCOCC1. The number of hydrogen-bond acceptors (Lipinski definition) is 5. The molecule has 0 bridgehead atoms. The Labute approximate surface area is 118 Å². The standard InChI is InChI=1S/C11H13F3N4OS/c12-11(13,14)8-2-1-7(9(15)20)10(16-8)17-18-3-5-19-6-4-18/h1-2H,3-6H2,(H2,15,20)(H,16,17). The van der Waals surface area contributed by atoms with Crippen molar-refractivity contribution in [3.05, 3.63) is 23.4 Å². The van der Waals surface area contributed by atoms with Gasteiger partial charge in [-0.1, -0.05) is 12.2 Å². The van der Waals surface area contributed by atoms with Crippen molar-refractivity contribution in [2.24, 2.45) is 5.73 Å². The van der Waals surface area contributed by atoms with Crippen molar-refractivity contribution < 1.29 is 17.9 Å². The van der Waals surface area contributed by atoms with E-state index in [1.54, 1.807) is 5.01 Å². The molecule has 1 aromatic rings. The van der Waals surface area contributed by atoms with Crippen LogP contribution in [-0.4, -0.2) is 41.3 Å². The maximum Gasteiger partial charge on any atom is 0.433 e. The molecular formula is C11H13F3N4OS. The van der Waals surface area contributed by atoms with Gasteiger partial charge in [0.2, 0.25) is 0 Å². The summed E-state index contributed by atoms with van der Waals surface area (Å²) in [5.41, 5.74) is 7.61. The molecule has 20 heavy (non-hydrogen) atoms. The smallest absolute Gasteiger partial charge is 0.389 e. The Balaban J connectivity index is 2.29. The van der Waals surface area contributed by atoms with Crippen LogP contribution < -0.4 is 11.2 Å². The molecule has 2 heterocycles. The number of rotatable bonds is 3. The van der Waals surface area contributed by atoms with E-state index >= 15 is 0 Å². The molecule has 1 saturated heterocycles. The summed E-state index contributed by atoms with van der Waals surface area (Å²) in [6.07, 6.45) is -4.52. The maximum atomic E-state index is 12.7. The first-order chi connectivity index (χ1) is 9.38. The number of aromatic nitrogens is 1. The summed E-state index contributed by atoms with van der Waals surface area (Å²) in [5, 5.41) is 1.72. The third-order valence-electron chi connectivity index (χ3n) is 2.73. The minimum Gasteiger partial charge on any atom is -0.389 e. The van der Waals surface area contributed by atoms with Crippen LogP contribution in [0.15, 0.2) is 12.1 Å². The van der Waals surface area contributed by atoms with Crippen molar-refractivity contribution in [2.45, 2.75) is 6.18 Å². The summed E-state index contributed by atoms with van der Waals surface area (Å²) in [7, 11) is 0. The van der Waals surface area contributed by atoms with Crippen LogP contribution in [0.5, 0.6) is 0 Å². The third kappa shape index (κ3) is 3.56. The number of nitrogens with one attached hydrogen (secondary N) is 1. The normalized spacial score (nSPS) is 16.9. The van der Waals surface area contributed by atoms with E-state index in [9.17, 15) is 13.2 Å². The Bertz CT molecular complexity index is 503. The first-order valence-corrected chi connectivity index (χ1v) is 6.26. The number of nitrogens with zero attached hydrogens (tertiary/aromatic N) is 2. The van der Waals surface area contributed by atoms with Crippen molar-refractivity contribution in [3.8, 4) is 0 Å². The predicted molar refractivity (Wildman–Crippen MR) is 71.1 cm³/mol.